The van der Waals surface area contributed by atoms with Gasteiger partial charge >= 0.3 is 6.03 Å². The van der Waals surface area contributed by atoms with Crippen molar-refractivity contribution in [2.45, 2.75) is 45.3 Å². The number of aromatic nitrogens is 4. The van der Waals surface area contributed by atoms with E-state index in [0.717, 1.165) is 25.1 Å². The molecule has 2 amide bonds. The van der Waals surface area contributed by atoms with E-state index in [9.17, 15) is 4.79 Å². The molecule has 1 fully saturated rings. The van der Waals surface area contributed by atoms with Crippen molar-refractivity contribution in [1.82, 2.24) is 25.2 Å². The molecule has 9 heteroatoms. The lowest BCUT2D eigenvalue weighted by molar-refractivity contribution is 0.108. The molecule has 1 aliphatic rings. The molecule has 0 bridgehead atoms. The average molecular weight is 334 g/mol. The second-order valence-electron chi connectivity index (χ2n) is 6.43. The maximum Gasteiger partial charge on any atom is 0.321 e. The third-order valence-corrected chi connectivity index (χ3v) is 3.89. The number of anilines is 1. The number of ether oxygens (including phenoxy) is 1. The van der Waals surface area contributed by atoms with Crippen molar-refractivity contribution in [2.24, 2.45) is 7.05 Å². The smallest absolute Gasteiger partial charge is 0.321 e. The summed E-state index contributed by atoms with van der Waals surface area (Å²) in [5.41, 5.74) is 0.0403. The van der Waals surface area contributed by atoms with Crippen LogP contribution in [0.4, 0.5) is 10.6 Å². The van der Waals surface area contributed by atoms with E-state index < -0.39 is 5.54 Å². The predicted molar refractivity (Wildman–Crippen MR) is 85.4 cm³/mol. The van der Waals surface area contributed by atoms with E-state index in [1.54, 1.807) is 32.5 Å². The van der Waals surface area contributed by atoms with Gasteiger partial charge in [0.25, 0.3) is 5.89 Å². The van der Waals surface area contributed by atoms with E-state index in [1.165, 1.54) is 0 Å². The molecule has 1 atom stereocenters. The van der Waals surface area contributed by atoms with Crippen molar-refractivity contribution in [3.63, 3.8) is 0 Å². The first-order valence-corrected chi connectivity index (χ1v) is 7.90. The zero-order chi connectivity index (χ0) is 17.3. The van der Waals surface area contributed by atoms with Gasteiger partial charge in [-0.3, -0.25) is 10.00 Å². The third-order valence-electron chi connectivity index (χ3n) is 3.89. The molecule has 1 saturated heterocycles. The Hall–Kier alpha value is -2.42. The van der Waals surface area contributed by atoms with E-state index in [1.807, 2.05) is 6.07 Å². The predicted octanol–water partition coefficient (Wildman–Crippen LogP) is 2.02. The Kier molecular flexibility index (Phi) is 4.27. The summed E-state index contributed by atoms with van der Waals surface area (Å²) in [5, 5.41) is 13.8. The van der Waals surface area contributed by atoms with Crippen molar-refractivity contribution < 1.29 is 14.1 Å². The van der Waals surface area contributed by atoms with Crippen LogP contribution < -0.4 is 10.6 Å². The fourth-order valence-corrected chi connectivity index (χ4v) is 2.61. The quantitative estimate of drug-likeness (QED) is 0.886. The lowest BCUT2D eigenvalue weighted by Gasteiger charge is -2.21. The van der Waals surface area contributed by atoms with Crippen molar-refractivity contribution in [3.05, 3.63) is 23.5 Å². The van der Waals surface area contributed by atoms with Crippen LogP contribution in [0.15, 0.2) is 10.6 Å². The molecule has 130 valence electrons. The lowest BCUT2D eigenvalue weighted by Crippen LogP contribution is -2.43. The number of urea groups is 1. The Morgan fingerprint density at radius 1 is 1.46 bits per heavy atom. The molecule has 9 nitrogen and oxygen atoms in total. The highest BCUT2D eigenvalue weighted by atomic mass is 16.5. The molecule has 2 N–H and O–H groups in total. The van der Waals surface area contributed by atoms with Crippen LogP contribution in [-0.2, 0) is 17.3 Å². The molecule has 2 aromatic rings. The Labute approximate surface area is 139 Å². The molecule has 3 heterocycles. The fraction of sp³-hybridized carbons (Fsp3) is 0.600. The minimum absolute atomic E-state index is 0.00706. The Balaban J connectivity index is 1.66. The Morgan fingerprint density at radius 2 is 2.25 bits per heavy atom. The second kappa shape index (κ2) is 6.23. The van der Waals surface area contributed by atoms with Crippen molar-refractivity contribution in [1.29, 1.82) is 0 Å². The number of amides is 2. The summed E-state index contributed by atoms with van der Waals surface area (Å²) in [6.45, 7) is 6.06. The molecule has 0 aromatic carbocycles. The molecular weight excluding hydrogens is 312 g/mol. The third kappa shape index (κ3) is 3.40. The standard InChI is InChI=1S/C15H22N6O3/c1-9-16-13(24-20-9)15(2,3)18-14(22)17-12-8-10(19-21(12)4)11-6-5-7-23-11/h8,11H,5-7H2,1-4H3,(H2,17,18,22)/t11-/m1/s1. The normalized spacial score (nSPS) is 17.9. The SMILES string of the molecule is Cc1noc(C(C)(C)NC(=O)Nc2cc([C@H]3CCCO3)nn2C)n1. The lowest BCUT2D eigenvalue weighted by atomic mass is 10.1. The van der Waals surface area contributed by atoms with Gasteiger partial charge in [-0.1, -0.05) is 5.16 Å². The maximum atomic E-state index is 12.3. The molecule has 0 radical (unpaired) electrons. The molecule has 1 aliphatic heterocycles. The van der Waals surface area contributed by atoms with E-state index in [2.05, 4.69) is 25.9 Å². The molecule has 0 saturated carbocycles. The van der Waals surface area contributed by atoms with E-state index >= 15 is 0 Å². The monoisotopic (exact) mass is 334 g/mol. The number of carbonyl (C=O) groups excluding carboxylic acids is 1. The fourth-order valence-electron chi connectivity index (χ4n) is 2.61. The number of carbonyl (C=O) groups is 1. The number of hydrogen-bond donors (Lipinski definition) is 2. The summed E-state index contributed by atoms with van der Waals surface area (Å²) in [6.07, 6.45) is 1.99. The largest absolute Gasteiger partial charge is 0.372 e. The first kappa shape index (κ1) is 16.4. The Bertz CT molecular complexity index is 729. The van der Waals surface area contributed by atoms with Gasteiger partial charge in [0.2, 0.25) is 0 Å². The zero-order valence-electron chi connectivity index (χ0n) is 14.3. The Morgan fingerprint density at radius 3 is 2.88 bits per heavy atom. The molecule has 24 heavy (non-hydrogen) atoms. The van der Waals surface area contributed by atoms with Crippen molar-refractivity contribution in [2.75, 3.05) is 11.9 Å². The van der Waals surface area contributed by atoms with Crippen LogP contribution >= 0.6 is 0 Å². The summed E-state index contributed by atoms with van der Waals surface area (Å²) in [7, 11) is 1.78. The van der Waals surface area contributed by atoms with Gasteiger partial charge in [0, 0.05) is 19.7 Å². The number of rotatable bonds is 4. The van der Waals surface area contributed by atoms with Gasteiger partial charge in [0.05, 0.1) is 5.69 Å². The highest BCUT2D eigenvalue weighted by Gasteiger charge is 2.30. The maximum absolute atomic E-state index is 12.3. The zero-order valence-corrected chi connectivity index (χ0v) is 14.3. The van der Waals surface area contributed by atoms with Gasteiger partial charge in [0.15, 0.2) is 5.82 Å². The summed E-state index contributed by atoms with van der Waals surface area (Å²) in [6, 6.07) is 1.46. The van der Waals surface area contributed by atoms with Gasteiger partial charge < -0.3 is 14.6 Å². The molecule has 2 aromatic heterocycles. The van der Waals surface area contributed by atoms with Crippen molar-refractivity contribution >= 4 is 11.8 Å². The van der Waals surface area contributed by atoms with E-state index in [-0.39, 0.29) is 12.1 Å². The van der Waals surface area contributed by atoms with Gasteiger partial charge in [0.1, 0.15) is 17.5 Å². The molecule has 3 rings (SSSR count). The van der Waals surface area contributed by atoms with Gasteiger partial charge in [-0.15, -0.1) is 0 Å². The number of nitrogens with one attached hydrogen (secondary N) is 2. The summed E-state index contributed by atoms with van der Waals surface area (Å²) in [5.74, 6) is 1.46. The van der Waals surface area contributed by atoms with Crippen molar-refractivity contribution in [3.8, 4) is 0 Å². The summed E-state index contributed by atoms with van der Waals surface area (Å²) >= 11 is 0. The van der Waals surface area contributed by atoms with Crippen LogP contribution in [0.25, 0.3) is 0 Å². The second-order valence-corrected chi connectivity index (χ2v) is 6.43. The number of nitrogens with zero attached hydrogens (tertiary/aromatic N) is 4. The van der Waals surface area contributed by atoms with Gasteiger partial charge in [-0.25, -0.2) is 4.79 Å². The number of hydrogen-bond acceptors (Lipinski definition) is 6. The molecular formula is C15H22N6O3. The van der Waals surface area contributed by atoms with E-state index in [4.69, 9.17) is 9.26 Å². The highest BCUT2D eigenvalue weighted by Crippen LogP contribution is 2.29. The minimum atomic E-state index is -0.790. The topological polar surface area (TPSA) is 107 Å². The van der Waals surface area contributed by atoms with Crippen LogP contribution in [0.3, 0.4) is 0 Å². The van der Waals surface area contributed by atoms with Crippen LogP contribution in [0.1, 0.15) is 50.2 Å². The van der Waals surface area contributed by atoms with Crippen LogP contribution in [-0.4, -0.2) is 32.6 Å². The van der Waals surface area contributed by atoms with Crippen LogP contribution in [0, 0.1) is 6.92 Å². The first-order valence-electron chi connectivity index (χ1n) is 7.90. The molecule has 0 unspecified atom stereocenters. The van der Waals surface area contributed by atoms with E-state index in [0.29, 0.717) is 17.5 Å². The highest BCUT2D eigenvalue weighted by molar-refractivity contribution is 5.88. The first-order chi connectivity index (χ1) is 11.3. The molecule has 0 aliphatic carbocycles. The van der Waals surface area contributed by atoms with Crippen LogP contribution in [0.2, 0.25) is 0 Å². The average Bonchev–Trinajstić information content (AvgIpc) is 3.20. The van der Waals surface area contributed by atoms with Crippen LogP contribution in [0.5, 0.6) is 0 Å². The summed E-state index contributed by atoms with van der Waals surface area (Å²) < 4.78 is 12.4. The number of aryl methyl sites for hydroxylation is 2. The van der Waals surface area contributed by atoms with Gasteiger partial charge in [-0.05, 0) is 33.6 Å². The minimum Gasteiger partial charge on any atom is -0.372 e. The van der Waals surface area contributed by atoms with Gasteiger partial charge in [-0.2, -0.15) is 10.1 Å². The summed E-state index contributed by atoms with van der Waals surface area (Å²) in [4.78, 5) is 16.5. The molecule has 0 spiro atoms.